The summed E-state index contributed by atoms with van der Waals surface area (Å²) in [6.07, 6.45) is 95.7. The van der Waals surface area contributed by atoms with Crippen molar-refractivity contribution in [2.45, 2.75) is 456 Å². The molecule has 0 aliphatic rings. The first-order valence-electron chi connectivity index (χ1n) is 39.1. The molecule has 0 fully saturated rings. The molecule has 0 saturated carbocycles. The number of allylic oxidation sites excluding steroid dienone is 3. The molecule has 0 rings (SSSR count). The third kappa shape index (κ3) is 71.3. The average molecular weight is 1200 g/mol. The molecule has 2 atom stereocenters. The van der Waals surface area contributed by atoms with E-state index in [1.54, 1.807) is 6.08 Å². The van der Waals surface area contributed by atoms with Crippen LogP contribution in [0.2, 0.25) is 0 Å². The number of hydrogen-bond acceptors (Lipinski definition) is 5. The van der Waals surface area contributed by atoms with Crippen LogP contribution in [0.4, 0.5) is 0 Å². The Labute approximate surface area is 532 Å². The highest BCUT2D eigenvalue weighted by atomic mass is 16.5. The molecule has 0 aromatic carbocycles. The van der Waals surface area contributed by atoms with Gasteiger partial charge in [-0.05, 0) is 57.8 Å². The minimum atomic E-state index is -0.845. The summed E-state index contributed by atoms with van der Waals surface area (Å²) in [6.45, 7) is 4.95. The van der Waals surface area contributed by atoms with Crippen LogP contribution in [0.1, 0.15) is 444 Å². The molecule has 1 amide bonds. The second kappa shape index (κ2) is 74.8. The lowest BCUT2D eigenvalue weighted by molar-refractivity contribution is -0.143. The average Bonchev–Trinajstić information content (AvgIpc) is 3.51. The van der Waals surface area contributed by atoms with Crippen LogP contribution in [0, 0.1) is 0 Å². The maximum absolute atomic E-state index is 12.6. The first kappa shape index (κ1) is 83.3. The molecular weight excluding hydrogens is 1040 g/mol. The zero-order chi connectivity index (χ0) is 61.3. The Kier molecular flexibility index (Phi) is 73.3. The molecule has 2 unspecified atom stereocenters. The fraction of sp³-hybridized carbons (Fsp3) is 0.924. The van der Waals surface area contributed by atoms with Gasteiger partial charge in [-0.2, -0.15) is 0 Å². The van der Waals surface area contributed by atoms with E-state index in [0.717, 1.165) is 38.5 Å². The Bertz CT molecular complexity index is 1330. The van der Waals surface area contributed by atoms with E-state index in [2.05, 4.69) is 31.3 Å². The van der Waals surface area contributed by atoms with Crippen molar-refractivity contribution in [3.05, 3.63) is 24.3 Å². The standard InChI is InChI=1S/C79H153NO5/c1-3-5-7-9-11-13-15-17-19-21-23-24-25-29-32-36-39-43-47-51-55-59-63-67-71-77(82)76(75-81)80-78(83)72-68-64-60-56-52-48-44-40-37-33-30-27-26-28-31-34-38-42-46-50-54-58-62-66-70-74-85-79(84)73-69-65-61-57-53-49-45-41-35-22-20-18-16-14-12-10-8-6-4-2/h18,20,67,71,76-77,81-82H,3-17,19,21-66,68-70,72-75H2,1-2H3,(H,80,83)/b20-18-,71-67+. The minimum absolute atomic E-state index is 0.0168. The topological polar surface area (TPSA) is 95.9 Å². The third-order valence-electron chi connectivity index (χ3n) is 18.5. The van der Waals surface area contributed by atoms with Gasteiger partial charge < -0.3 is 20.3 Å². The van der Waals surface area contributed by atoms with Gasteiger partial charge in [0.1, 0.15) is 0 Å². The zero-order valence-corrected chi connectivity index (χ0v) is 57.9. The van der Waals surface area contributed by atoms with E-state index < -0.39 is 12.1 Å². The van der Waals surface area contributed by atoms with E-state index in [0.29, 0.717) is 19.4 Å². The van der Waals surface area contributed by atoms with E-state index in [9.17, 15) is 19.8 Å². The highest BCUT2D eigenvalue weighted by molar-refractivity contribution is 5.76. The molecule has 6 heteroatoms. The molecule has 0 bridgehead atoms. The summed E-state index contributed by atoms with van der Waals surface area (Å²) < 4.78 is 5.52. The zero-order valence-electron chi connectivity index (χ0n) is 57.9. The highest BCUT2D eigenvalue weighted by Crippen LogP contribution is 2.20. The number of aliphatic hydroxyl groups is 2. The Morgan fingerprint density at radius 3 is 0.835 bits per heavy atom. The van der Waals surface area contributed by atoms with Gasteiger partial charge in [0.15, 0.2) is 0 Å². The van der Waals surface area contributed by atoms with Crippen molar-refractivity contribution >= 4 is 11.9 Å². The number of aliphatic hydroxyl groups excluding tert-OH is 2. The summed E-state index contributed by atoms with van der Waals surface area (Å²) in [5.41, 5.74) is 0. The number of esters is 1. The number of unbranched alkanes of at least 4 members (excludes halogenated alkanes) is 61. The summed E-state index contributed by atoms with van der Waals surface area (Å²) >= 11 is 0. The monoisotopic (exact) mass is 1200 g/mol. The van der Waals surface area contributed by atoms with Crippen molar-refractivity contribution in [2.75, 3.05) is 13.2 Å². The predicted octanol–water partition coefficient (Wildman–Crippen LogP) is 25.7. The van der Waals surface area contributed by atoms with Crippen molar-refractivity contribution in [1.29, 1.82) is 0 Å². The molecule has 0 saturated heterocycles. The molecule has 0 aliphatic heterocycles. The van der Waals surface area contributed by atoms with E-state index in [1.165, 1.54) is 379 Å². The quantitative estimate of drug-likeness (QED) is 0.0320. The number of nitrogens with one attached hydrogen (secondary N) is 1. The van der Waals surface area contributed by atoms with Gasteiger partial charge in [0.05, 0.1) is 25.4 Å². The Balaban J connectivity index is 3.37. The molecule has 504 valence electrons. The summed E-state index contributed by atoms with van der Waals surface area (Å²) in [4.78, 5) is 24.7. The van der Waals surface area contributed by atoms with Crippen molar-refractivity contribution < 1.29 is 24.5 Å². The molecule has 0 aromatic rings. The van der Waals surface area contributed by atoms with Crippen molar-refractivity contribution in [3.8, 4) is 0 Å². The smallest absolute Gasteiger partial charge is 0.305 e. The molecule has 6 nitrogen and oxygen atoms in total. The first-order chi connectivity index (χ1) is 42.0. The first-order valence-corrected chi connectivity index (χ1v) is 39.1. The minimum Gasteiger partial charge on any atom is -0.466 e. The number of amides is 1. The third-order valence-corrected chi connectivity index (χ3v) is 18.5. The van der Waals surface area contributed by atoms with Crippen molar-refractivity contribution in [1.82, 2.24) is 5.32 Å². The van der Waals surface area contributed by atoms with Crippen LogP contribution in [0.25, 0.3) is 0 Å². The highest BCUT2D eigenvalue weighted by Gasteiger charge is 2.18. The van der Waals surface area contributed by atoms with Gasteiger partial charge in [0.25, 0.3) is 0 Å². The molecule has 0 radical (unpaired) electrons. The van der Waals surface area contributed by atoms with Gasteiger partial charge >= 0.3 is 5.97 Å². The van der Waals surface area contributed by atoms with Gasteiger partial charge in [-0.3, -0.25) is 9.59 Å². The largest absolute Gasteiger partial charge is 0.466 e. The van der Waals surface area contributed by atoms with Gasteiger partial charge in [-0.25, -0.2) is 0 Å². The van der Waals surface area contributed by atoms with Crippen LogP contribution in [0.5, 0.6) is 0 Å². The molecule has 0 aliphatic carbocycles. The Morgan fingerprint density at radius 2 is 0.553 bits per heavy atom. The number of carbonyl (C=O) groups is 2. The molecule has 85 heavy (non-hydrogen) atoms. The number of rotatable bonds is 74. The van der Waals surface area contributed by atoms with E-state index in [-0.39, 0.29) is 18.5 Å². The predicted molar refractivity (Wildman–Crippen MR) is 375 cm³/mol. The lowest BCUT2D eigenvalue weighted by Crippen LogP contribution is -2.45. The summed E-state index contributed by atoms with van der Waals surface area (Å²) in [7, 11) is 0. The Hall–Kier alpha value is -1.66. The number of ether oxygens (including phenoxy) is 1. The second-order valence-electron chi connectivity index (χ2n) is 27.0. The van der Waals surface area contributed by atoms with Crippen LogP contribution >= 0.6 is 0 Å². The van der Waals surface area contributed by atoms with E-state index >= 15 is 0 Å². The van der Waals surface area contributed by atoms with E-state index in [1.807, 2.05) is 6.08 Å². The SMILES string of the molecule is CCCCCCCC/C=C\CCCCCCCCCCCC(=O)OCCCCCCCCCCCCCCCCCCCCCCCCCCCC(=O)NC(CO)C(O)/C=C/CCCCCCCCCCCCCCCCCCCCCCCC. The summed E-state index contributed by atoms with van der Waals surface area (Å²) in [5.74, 6) is -0.0442. The fourth-order valence-electron chi connectivity index (χ4n) is 12.5. The lowest BCUT2D eigenvalue weighted by Gasteiger charge is -2.20. The molecule has 0 heterocycles. The van der Waals surface area contributed by atoms with Gasteiger partial charge in [0, 0.05) is 12.8 Å². The van der Waals surface area contributed by atoms with Crippen LogP contribution in [-0.2, 0) is 14.3 Å². The molecular formula is C79H153NO5. The molecule has 3 N–H and O–H groups in total. The van der Waals surface area contributed by atoms with Crippen molar-refractivity contribution in [2.24, 2.45) is 0 Å². The second-order valence-corrected chi connectivity index (χ2v) is 27.0. The normalized spacial score (nSPS) is 12.6. The number of hydrogen-bond donors (Lipinski definition) is 3. The van der Waals surface area contributed by atoms with Crippen LogP contribution < -0.4 is 5.32 Å². The maximum Gasteiger partial charge on any atom is 0.305 e. The fourth-order valence-corrected chi connectivity index (χ4v) is 12.5. The summed E-state index contributed by atoms with van der Waals surface area (Å²) in [5, 5.41) is 23.3. The lowest BCUT2D eigenvalue weighted by atomic mass is 10.0. The molecule has 0 aromatic heterocycles. The maximum atomic E-state index is 12.6. The van der Waals surface area contributed by atoms with Gasteiger partial charge in [0.2, 0.25) is 5.91 Å². The van der Waals surface area contributed by atoms with Gasteiger partial charge in [-0.1, -0.05) is 398 Å². The number of carbonyl (C=O) groups excluding carboxylic acids is 2. The van der Waals surface area contributed by atoms with E-state index in [4.69, 9.17) is 4.74 Å². The van der Waals surface area contributed by atoms with Crippen molar-refractivity contribution in [3.63, 3.8) is 0 Å². The Morgan fingerprint density at radius 1 is 0.318 bits per heavy atom. The van der Waals surface area contributed by atoms with Crippen LogP contribution in [0.3, 0.4) is 0 Å². The summed E-state index contributed by atoms with van der Waals surface area (Å²) in [6, 6.07) is -0.628. The van der Waals surface area contributed by atoms with Crippen LogP contribution in [-0.4, -0.2) is 47.4 Å². The van der Waals surface area contributed by atoms with Gasteiger partial charge in [-0.15, -0.1) is 0 Å². The van der Waals surface area contributed by atoms with Crippen LogP contribution in [0.15, 0.2) is 24.3 Å². The molecule has 0 spiro atoms.